The number of hydrogen-bond donors (Lipinski definition) is 5. The van der Waals surface area contributed by atoms with Gasteiger partial charge in [-0.05, 0) is 69.6 Å². The fourth-order valence-corrected chi connectivity index (χ4v) is 3.84. The molecule has 0 saturated heterocycles. The van der Waals surface area contributed by atoms with Gasteiger partial charge in [-0.25, -0.2) is 14.0 Å². The van der Waals surface area contributed by atoms with Crippen molar-refractivity contribution in [2.45, 2.75) is 38.5 Å². The lowest BCUT2D eigenvalue weighted by molar-refractivity contribution is -0.120. The van der Waals surface area contributed by atoms with Crippen molar-refractivity contribution in [1.29, 1.82) is 0 Å². The average Bonchev–Trinajstić information content (AvgIpc) is 3.46. The van der Waals surface area contributed by atoms with E-state index < -0.39 is 5.82 Å². The number of carbonyl (C=O) groups is 1. The molecule has 1 amide bonds. The standard InChI is InChI=1S/C20H26BrFN8O3/c21-14-11-13(6-7-15(14)22)26-19(28-32)17-18(30-33-29-17)24-8-3-9-25-20(23)27-16(31)10-12-4-1-2-5-12/h6-7,11-12,32H,1-5,8-10H2,(H,24,30)(H,26,28)(H3,23,25,27,31). The number of benzene rings is 1. The van der Waals surface area contributed by atoms with Gasteiger partial charge in [0.05, 0.1) is 10.2 Å². The number of rotatable bonds is 9. The van der Waals surface area contributed by atoms with Crippen molar-refractivity contribution in [3.8, 4) is 0 Å². The van der Waals surface area contributed by atoms with Crippen molar-refractivity contribution in [2.24, 2.45) is 21.6 Å². The fraction of sp³-hybridized carbons (Fsp3) is 0.450. The lowest BCUT2D eigenvalue weighted by Crippen LogP contribution is -2.37. The molecule has 0 unspecified atom stereocenters. The molecule has 11 nitrogen and oxygen atoms in total. The Kier molecular flexibility index (Phi) is 9.13. The number of aromatic nitrogens is 2. The molecule has 0 bridgehead atoms. The Bertz CT molecular complexity index is 1010. The second-order valence-corrected chi connectivity index (χ2v) is 8.44. The number of hydroxylamine groups is 1. The van der Waals surface area contributed by atoms with Crippen molar-refractivity contribution in [3.05, 3.63) is 34.2 Å². The predicted octanol–water partition coefficient (Wildman–Crippen LogP) is 2.84. The summed E-state index contributed by atoms with van der Waals surface area (Å²) < 4.78 is 18.4. The van der Waals surface area contributed by atoms with Crippen molar-refractivity contribution >= 4 is 45.1 Å². The number of halogens is 2. The number of carbonyl (C=O) groups excluding carboxylic acids is 1. The first kappa shape index (κ1) is 24.6. The third-order valence-corrected chi connectivity index (χ3v) is 5.70. The van der Waals surface area contributed by atoms with Gasteiger partial charge >= 0.3 is 0 Å². The molecule has 2 aromatic rings. The van der Waals surface area contributed by atoms with Crippen molar-refractivity contribution in [1.82, 2.24) is 21.1 Å². The number of anilines is 1. The lowest BCUT2D eigenvalue weighted by Gasteiger charge is -2.09. The van der Waals surface area contributed by atoms with E-state index in [-0.39, 0.29) is 33.7 Å². The number of nitrogens with zero attached hydrogens (tertiary/aromatic N) is 4. The first-order valence-electron chi connectivity index (χ1n) is 10.6. The highest BCUT2D eigenvalue weighted by Gasteiger charge is 2.19. The predicted molar refractivity (Wildman–Crippen MR) is 124 cm³/mol. The molecule has 1 aliphatic rings. The Balaban J connectivity index is 1.48. The number of aliphatic imine (C=N–C) groups is 2. The number of nitrogens with two attached hydrogens (primary N) is 1. The van der Waals surface area contributed by atoms with E-state index >= 15 is 0 Å². The summed E-state index contributed by atoms with van der Waals surface area (Å²) in [4.78, 5) is 20.3. The minimum atomic E-state index is -0.436. The van der Waals surface area contributed by atoms with Crippen molar-refractivity contribution in [3.63, 3.8) is 0 Å². The molecule has 1 saturated carbocycles. The summed E-state index contributed by atoms with van der Waals surface area (Å²) >= 11 is 3.08. The summed E-state index contributed by atoms with van der Waals surface area (Å²) in [6, 6.07) is 4.12. The second-order valence-electron chi connectivity index (χ2n) is 7.58. The SMILES string of the molecule is NC(=NCCCNc1nonc1C(=Nc1ccc(F)c(Br)c1)NO)NC(=O)CC1CCCC1. The fourth-order valence-electron chi connectivity index (χ4n) is 3.47. The molecule has 33 heavy (non-hydrogen) atoms. The molecule has 1 fully saturated rings. The number of guanidine groups is 1. The second kappa shape index (κ2) is 12.3. The molecular formula is C20H26BrFN8O3. The summed E-state index contributed by atoms with van der Waals surface area (Å²) in [5.41, 5.74) is 8.24. The lowest BCUT2D eigenvalue weighted by atomic mass is 10.0. The van der Waals surface area contributed by atoms with Crippen LogP contribution < -0.4 is 21.8 Å². The normalized spacial score (nSPS) is 15.0. The van der Waals surface area contributed by atoms with Gasteiger partial charge in [0.15, 0.2) is 17.5 Å². The number of hydrogen-bond acceptors (Lipinski definition) is 8. The Morgan fingerprint density at radius 2 is 2.12 bits per heavy atom. The minimum absolute atomic E-state index is 0.0375. The van der Waals surface area contributed by atoms with Gasteiger partial charge in [-0.2, -0.15) is 0 Å². The quantitative estimate of drug-likeness (QED) is 0.144. The zero-order chi connectivity index (χ0) is 23.6. The van der Waals surface area contributed by atoms with Crippen LogP contribution >= 0.6 is 15.9 Å². The first-order valence-corrected chi connectivity index (χ1v) is 11.4. The van der Waals surface area contributed by atoms with E-state index in [1.807, 2.05) is 5.48 Å². The Morgan fingerprint density at radius 1 is 1.33 bits per heavy atom. The van der Waals surface area contributed by atoms with Gasteiger partial charge in [0.1, 0.15) is 5.82 Å². The molecular weight excluding hydrogens is 499 g/mol. The van der Waals surface area contributed by atoms with E-state index in [0.29, 0.717) is 37.5 Å². The molecule has 1 heterocycles. The Hall–Kier alpha value is -3.06. The van der Waals surface area contributed by atoms with Crippen LogP contribution in [0.2, 0.25) is 0 Å². The molecule has 1 aromatic carbocycles. The molecule has 1 aromatic heterocycles. The van der Waals surface area contributed by atoms with Gasteiger partial charge in [0.2, 0.25) is 11.7 Å². The third-order valence-electron chi connectivity index (χ3n) is 5.09. The number of amides is 1. The van der Waals surface area contributed by atoms with E-state index in [1.165, 1.54) is 31.0 Å². The van der Waals surface area contributed by atoms with Crippen molar-refractivity contribution in [2.75, 3.05) is 18.4 Å². The van der Waals surface area contributed by atoms with Gasteiger partial charge in [0, 0.05) is 19.5 Å². The van der Waals surface area contributed by atoms with Gasteiger partial charge in [-0.15, -0.1) is 0 Å². The summed E-state index contributed by atoms with van der Waals surface area (Å²) in [5, 5.41) is 22.6. The van der Waals surface area contributed by atoms with Gasteiger partial charge in [-0.3, -0.25) is 25.8 Å². The number of amidine groups is 1. The molecule has 13 heteroatoms. The van der Waals surface area contributed by atoms with E-state index in [4.69, 9.17) is 10.4 Å². The van der Waals surface area contributed by atoms with Gasteiger partial charge in [-0.1, -0.05) is 12.8 Å². The van der Waals surface area contributed by atoms with Crippen LogP contribution in [0.5, 0.6) is 0 Å². The molecule has 1 aliphatic carbocycles. The maximum atomic E-state index is 13.4. The monoisotopic (exact) mass is 524 g/mol. The van der Waals surface area contributed by atoms with E-state index in [1.54, 1.807) is 0 Å². The highest BCUT2D eigenvalue weighted by Crippen LogP contribution is 2.27. The smallest absolute Gasteiger partial charge is 0.226 e. The topological polar surface area (TPSA) is 163 Å². The molecule has 0 aliphatic heterocycles. The summed E-state index contributed by atoms with van der Waals surface area (Å²) in [6.07, 6.45) is 5.61. The maximum absolute atomic E-state index is 13.4. The van der Waals surface area contributed by atoms with Crippen LogP contribution in [0.4, 0.5) is 15.9 Å². The molecule has 0 radical (unpaired) electrons. The van der Waals surface area contributed by atoms with Crippen LogP contribution in [-0.2, 0) is 4.79 Å². The van der Waals surface area contributed by atoms with Gasteiger partial charge < -0.3 is 11.1 Å². The van der Waals surface area contributed by atoms with E-state index in [9.17, 15) is 14.4 Å². The third kappa shape index (κ3) is 7.49. The maximum Gasteiger partial charge on any atom is 0.226 e. The van der Waals surface area contributed by atoms with Crippen molar-refractivity contribution < 1.29 is 19.0 Å². The zero-order valence-corrected chi connectivity index (χ0v) is 19.4. The Morgan fingerprint density at radius 3 is 2.85 bits per heavy atom. The van der Waals surface area contributed by atoms with Crippen LogP contribution in [0.25, 0.3) is 0 Å². The van der Waals surface area contributed by atoms with Crippen LogP contribution in [0, 0.1) is 11.7 Å². The van der Waals surface area contributed by atoms with E-state index in [0.717, 1.165) is 12.8 Å². The summed E-state index contributed by atoms with van der Waals surface area (Å²) in [5.74, 6) is 0.221. The molecule has 3 rings (SSSR count). The van der Waals surface area contributed by atoms with Gasteiger partial charge in [0.25, 0.3) is 0 Å². The molecule has 6 N–H and O–H groups in total. The van der Waals surface area contributed by atoms with Crippen LogP contribution in [0.3, 0.4) is 0 Å². The minimum Gasteiger partial charge on any atom is -0.370 e. The highest BCUT2D eigenvalue weighted by atomic mass is 79.9. The summed E-state index contributed by atoms with van der Waals surface area (Å²) in [6.45, 7) is 0.820. The largest absolute Gasteiger partial charge is 0.370 e. The average molecular weight is 525 g/mol. The van der Waals surface area contributed by atoms with Crippen LogP contribution in [0.1, 0.15) is 44.2 Å². The molecule has 0 atom stereocenters. The highest BCUT2D eigenvalue weighted by molar-refractivity contribution is 9.10. The Labute approximate surface area is 198 Å². The molecule has 0 spiro atoms. The summed E-state index contributed by atoms with van der Waals surface area (Å²) in [7, 11) is 0. The van der Waals surface area contributed by atoms with E-state index in [2.05, 4.69) is 46.9 Å². The first-order chi connectivity index (χ1) is 16.0. The molecule has 178 valence electrons. The zero-order valence-electron chi connectivity index (χ0n) is 17.9. The van der Waals surface area contributed by atoms with Crippen LogP contribution in [-0.4, -0.2) is 46.3 Å². The number of nitrogens with one attached hydrogen (secondary N) is 3. The van der Waals surface area contributed by atoms with Crippen LogP contribution in [0.15, 0.2) is 37.3 Å².